The maximum atomic E-state index is 14.3. The zero-order valence-corrected chi connectivity index (χ0v) is 26.5. The molecule has 1 aromatic heterocycles. The molecular weight excluding hydrogens is 598 g/mol. The number of hydrogen-bond donors (Lipinski definition) is 1. The summed E-state index contributed by atoms with van der Waals surface area (Å²) in [6.07, 6.45) is 1.65. The van der Waals surface area contributed by atoms with Crippen molar-refractivity contribution in [3.8, 4) is 0 Å². The summed E-state index contributed by atoms with van der Waals surface area (Å²) in [4.78, 5) is 35.9. The van der Waals surface area contributed by atoms with E-state index in [2.05, 4.69) is 10.3 Å². The zero-order valence-electron chi connectivity index (χ0n) is 25.7. The van der Waals surface area contributed by atoms with Gasteiger partial charge in [-0.2, -0.15) is 4.31 Å². The number of nitrogens with one attached hydrogen (secondary N) is 1. The van der Waals surface area contributed by atoms with Crippen molar-refractivity contribution in [2.45, 2.75) is 17.0 Å². The van der Waals surface area contributed by atoms with Gasteiger partial charge < -0.3 is 15.1 Å². The molecule has 0 saturated carbocycles. The first-order chi connectivity index (χ1) is 22.2. The Hall–Kier alpha value is -5.06. The number of aromatic nitrogens is 1. The second-order valence-corrected chi connectivity index (χ2v) is 13.3. The molecule has 1 aliphatic rings. The Balaban J connectivity index is 1.35. The quantitative estimate of drug-likeness (QED) is 0.265. The van der Waals surface area contributed by atoms with Crippen LogP contribution in [0.2, 0.25) is 0 Å². The van der Waals surface area contributed by atoms with Gasteiger partial charge in [0.2, 0.25) is 15.9 Å². The van der Waals surface area contributed by atoms with Crippen molar-refractivity contribution in [2.75, 3.05) is 38.6 Å². The molecule has 2 heterocycles. The number of piperazine rings is 1. The van der Waals surface area contributed by atoms with E-state index in [1.165, 1.54) is 10.4 Å². The number of benzene rings is 4. The highest BCUT2D eigenvalue weighted by Crippen LogP contribution is 2.28. The van der Waals surface area contributed by atoms with E-state index in [9.17, 15) is 18.0 Å². The van der Waals surface area contributed by atoms with Gasteiger partial charge in [0.1, 0.15) is 6.04 Å². The maximum Gasteiger partial charge on any atom is 0.253 e. The van der Waals surface area contributed by atoms with Crippen LogP contribution in [0.1, 0.15) is 27.5 Å². The first-order valence-electron chi connectivity index (χ1n) is 15.1. The molecule has 0 bridgehead atoms. The molecule has 234 valence electrons. The predicted octanol–water partition coefficient (Wildman–Crippen LogP) is 4.72. The number of amides is 2. The Morgan fingerprint density at radius 3 is 2.11 bits per heavy atom. The third-order valence-corrected chi connectivity index (χ3v) is 10.2. The molecule has 5 aromatic rings. The van der Waals surface area contributed by atoms with E-state index in [1.807, 2.05) is 91.8 Å². The Kier molecular flexibility index (Phi) is 8.83. The highest BCUT2D eigenvalue weighted by molar-refractivity contribution is 7.89. The summed E-state index contributed by atoms with van der Waals surface area (Å²) >= 11 is 0. The highest BCUT2D eigenvalue weighted by Gasteiger charge is 2.42. The molecule has 2 amide bonds. The molecule has 10 heteroatoms. The number of carbonyl (C=O) groups excluding carboxylic acids is 2. The fourth-order valence-corrected chi connectivity index (χ4v) is 7.38. The van der Waals surface area contributed by atoms with Crippen LogP contribution in [-0.4, -0.2) is 74.2 Å². The van der Waals surface area contributed by atoms with Gasteiger partial charge in [-0.3, -0.25) is 14.6 Å². The Bertz CT molecular complexity index is 1910. The van der Waals surface area contributed by atoms with Gasteiger partial charge in [-0.05, 0) is 59.7 Å². The van der Waals surface area contributed by atoms with Crippen LogP contribution in [0.15, 0.2) is 126 Å². The lowest BCUT2D eigenvalue weighted by molar-refractivity contribution is -0.126. The lowest BCUT2D eigenvalue weighted by Crippen LogP contribution is -2.61. The van der Waals surface area contributed by atoms with E-state index >= 15 is 0 Å². The van der Waals surface area contributed by atoms with Crippen LogP contribution in [0, 0.1) is 0 Å². The van der Waals surface area contributed by atoms with Gasteiger partial charge in [0.15, 0.2) is 0 Å². The molecule has 4 aromatic carbocycles. The van der Waals surface area contributed by atoms with Crippen molar-refractivity contribution in [3.05, 3.63) is 138 Å². The highest BCUT2D eigenvalue weighted by atomic mass is 32.2. The van der Waals surface area contributed by atoms with E-state index in [0.29, 0.717) is 16.5 Å². The van der Waals surface area contributed by atoms with Crippen molar-refractivity contribution < 1.29 is 18.0 Å². The van der Waals surface area contributed by atoms with Crippen LogP contribution in [0.25, 0.3) is 10.9 Å². The SMILES string of the molecule is CN(C)c1ccc(C(=O)N2CCN(S(=O)(=O)c3ccc4ncccc4c3)C(C(=O)NC(c3ccccc3)c3ccccc3)C2)cc1. The van der Waals surface area contributed by atoms with E-state index < -0.39 is 28.0 Å². The van der Waals surface area contributed by atoms with Crippen molar-refractivity contribution in [3.63, 3.8) is 0 Å². The normalized spacial score (nSPS) is 15.5. The first kappa shape index (κ1) is 30.9. The van der Waals surface area contributed by atoms with Gasteiger partial charge in [-0.1, -0.05) is 66.7 Å². The molecule has 0 radical (unpaired) electrons. The van der Waals surface area contributed by atoms with Crippen LogP contribution in [0.5, 0.6) is 0 Å². The second kappa shape index (κ2) is 13.1. The minimum absolute atomic E-state index is 0.0473. The Morgan fingerprint density at radius 2 is 1.48 bits per heavy atom. The van der Waals surface area contributed by atoms with Crippen LogP contribution >= 0.6 is 0 Å². The molecular formula is C36H35N5O4S. The Morgan fingerprint density at radius 1 is 0.826 bits per heavy atom. The molecule has 1 unspecified atom stereocenters. The van der Waals surface area contributed by atoms with Crippen LogP contribution in [0.4, 0.5) is 5.69 Å². The maximum absolute atomic E-state index is 14.3. The van der Waals surface area contributed by atoms with E-state index in [1.54, 1.807) is 47.5 Å². The summed E-state index contributed by atoms with van der Waals surface area (Å²) in [5, 5.41) is 3.80. The van der Waals surface area contributed by atoms with Gasteiger partial charge in [-0.25, -0.2) is 8.42 Å². The van der Waals surface area contributed by atoms with Crippen molar-refractivity contribution in [1.29, 1.82) is 0 Å². The molecule has 1 aliphatic heterocycles. The Labute approximate surface area is 269 Å². The summed E-state index contributed by atoms with van der Waals surface area (Å²) in [7, 11) is -0.299. The largest absolute Gasteiger partial charge is 0.378 e. The average molecular weight is 634 g/mol. The van der Waals surface area contributed by atoms with Gasteiger partial charge in [0, 0.05) is 56.6 Å². The average Bonchev–Trinajstić information content (AvgIpc) is 3.10. The minimum atomic E-state index is -4.14. The van der Waals surface area contributed by atoms with E-state index in [-0.39, 0.29) is 30.4 Å². The number of fused-ring (bicyclic) bond motifs is 1. The van der Waals surface area contributed by atoms with Gasteiger partial charge in [-0.15, -0.1) is 0 Å². The van der Waals surface area contributed by atoms with E-state index in [0.717, 1.165) is 16.8 Å². The topological polar surface area (TPSA) is 103 Å². The number of nitrogens with zero attached hydrogens (tertiary/aromatic N) is 4. The lowest BCUT2D eigenvalue weighted by atomic mass is 9.98. The molecule has 0 spiro atoms. The number of carbonyl (C=O) groups is 2. The number of pyridine rings is 1. The van der Waals surface area contributed by atoms with Crippen LogP contribution in [-0.2, 0) is 14.8 Å². The number of anilines is 1. The smallest absolute Gasteiger partial charge is 0.253 e. The molecule has 0 aliphatic carbocycles. The fraction of sp³-hybridized carbons (Fsp3) is 0.194. The zero-order chi connectivity index (χ0) is 32.3. The molecule has 1 atom stereocenters. The van der Waals surface area contributed by atoms with Crippen LogP contribution < -0.4 is 10.2 Å². The molecule has 1 fully saturated rings. The summed E-state index contributed by atoms with van der Waals surface area (Å²) in [6, 6.07) is 32.9. The monoisotopic (exact) mass is 633 g/mol. The molecule has 46 heavy (non-hydrogen) atoms. The van der Waals surface area contributed by atoms with Crippen molar-refractivity contribution in [2.24, 2.45) is 0 Å². The van der Waals surface area contributed by atoms with Crippen LogP contribution in [0.3, 0.4) is 0 Å². The lowest BCUT2D eigenvalue weighted by Gasteiger charge is -2.40. The summed E-state index contributed by atoms with van der Waals surface area (Å²) < 4.78 is 29.7. The van der Waals surface area contributed by atoms with Gasteiger partial charge in [0.05, 0.1) is 16.5 Å². The predicted molar refractivity (Wildman–Crippen MR) is 179 cm³/mol. The standard InChI is InChI=1S/C36H35N5O4S/c1-39(2)30-17-15-28(16-18-30)36(43)40-22-23-41(46(44,45)31-19-20-32-29(24-31)14-9-21-37-32)33(25-40)35(42)38-34(26-10-5-3-6-11-26)27-12-7-4-8-13-27/h3-21,24,33-34H,22-23,25H2,1-2H3,(H,38,42). The minimum Gasteiger partial charge on any atom is -0.378 e. The first-order valence-corrected chi connectivity index (χ1v) is 16.5. The van der Waals surface area contributed by atoms with Crippen molar-refractivity contribution >= 4 is 38.4 Å². The number of sulfonamides is 1. The molecule has 6 rings (SSSR count). The third kappa shape index (κ3) is 6.35. The third-order valence-electron chi connectivity index (χ3n) is 8.29. The molecule has 9 nitrogen and oxygen atoms in total. The second-order valence-electron chi connectivity index (χ2n) is 11.4. The van der Waals surface area contributed by atoms with Gasteiger partial charge in [0.25, 0.3) is 5.91 Å². The van der Waals surface area contributed by atoms with Gasteiger partial charge >= 0.3 is 0 Å². The summed E-state index contributed by atoms with van der Waals surface area (Å²) in [5.41, 5.74) is 3.78. The van der Waals surface area contributed by atoms with Crippen molar-refractivity contribution in [1.82, 2.24) is 19.5 Å². The molecule has 1 N–H and O–H groups in total. The van der Waals surface area contributed by atoms with E-state index in [4.69, 9.17) is 0 Å². The number of hydrogen-bond acceptors (Lipinski definition) is 6. The summed E-state index contributed by atoms with van der Waals surface area (Å²) in [6.45, 7) is -0.0215. The number of rotatable bonds is 8. The fourth-order valence-electron chi connectivity index (χ4n) is 5.77. The molecule has 1 saturated heterocycles. The summed E-state index contributed by atoms with van der Waals surface area (Å²) in [5.74, 6) is -0.760.